The Labute approximate surface area is 213 Å². The number of anilines is 2. The predicted octanol–water partition coefficient (Wildman–Crippen LogP) is 4.15. The lowest BCUT2D eigenvalue weighted by Gasteiger charge is -2.37. The summed E-state index contributed by atoms with van der Waals surface area (Å²) in [6.07, 6.45) is -1.87. The largest absolute Gasteiger partial charge is 0.416 e. The number of thiocarbonyl (C=S) groups is 1. The molecule has 0 amide bonds. The number of piperidine rings is 1. The van der Waals surface area contributed by atoms with Gasteiger partial charge in [0.05, 0.1) is 17.5 Å². The maximum atomic E-state index is 15.3. The molecular formula is C25H30F4N6S. The molecule has 194 valence electrons. The van der Waals surface area contributed by atoms with Crippen LogP contribution in [-0.4, -0.2) is 62.5 Å². The highest BCUT2D eigenvalue weighted by Gasteiger charge is 2.36. The number of likely N-dealkylation sites (N-methyl/N-ethyl adjacent to an activating group) is 1. The normalized spacial score (nSPS) is 18.1. The van der Waals surface area contributed by atoms with Crippen molar-refractivity contribution in [3.63, 3.8) is 0 Å². The molecule has 0 aromatic heterocycles. The summed E-state index contributed by atoms with van der Waals surface area (Å²) in [7, 11) is 2.06. The number of alkyl halides is 3. The molecule has 0 saturated carbocycles. The highest BCUT2D eigenvalue weighted by Crippen LogP contribution is 2.40. The van der Waals surface area contributed by atoms with Gasteiger partial charge in [-0.05, 0) is 61.8 Å². The van der Waals surface area contributed by atoms with Gasteiger partial charge in [-0.3, -0.25) is 5.43 Å². The minimum absolute atomic E-state index is 0.0134. The SMILES string of the molecule is CN1CCN(c2cc(N3CCC(c4ccccc4C(F)(F)F)CC3)c(F)cc2C=NNC(N)=S)CC1. The zero-order chi connectivity index (χ0) is 25.9. The smallest absolute Gasteiger partial charge is 0.375 e. The Morgan fingerprint density at radius 3 is 2.31 bits per heavy atom. The van der Waals surface area contributed by atoms with E-state index in [1.54, 1.807) is 12.1 Å². The third kappa shape index (κ3) is 6.07. The van der Waals surface area contributed by atoms with E-state index in [0.717, 1.165) is 37.9 Å². The van der Waals surface area contributed by atoms with Crippen LogP contribution in [0.25, 0.3) is 0 Å². The van der Waals surface area contributed by atoms with Gasteiger partial charge >= 0.3 is 6.18 Å². The lowest BCUT2D eigenvalue weighted by Crippen LogP contribution is -2.45. The van der Waals surface area contributed by atoms with Crippen molar-refractivity contribution in [1.29, 1.82) is 0 Å². The molecule has 2 fully saturated rings. The van der Waals surface area contributed by atoms with Crippen LogP contribution in [0.4, 0.5) is 28.9 Å². The summed E-state index contributed by atoms with van der Waals surface area (Å²) < 4.78 is 55.9. The highest BCUT2D eigenvalue weighted by molar-refractivity contribution is 7.80. The van der Waals surface area contributed by atoms with Gasteiger partial charge in [-0.2, -0.15) is 18.3 Å². The van der Waals surface area contributed by atoms with E-state index in [-0.39, 0.29) is 11.0 Å². The van der Waals surface area contributed by atoms with Gasteiger partial charge in [-0.25, -0.2) is 4.39 Å². The average Bonchev–Trinajstić information content (AvgIpc) is 2.84. The summed E-state index contributed by atoms with van der Waals surface area (Å²) in [4.78, 5) is 6.35. The lowest BCUT2D eigenvalue weighted by molar-refractivity contribution is -0.138. The molecular weight excluding hydrogens is 492 g/mol. The molecule has 11 heteroatoms. The van der Waals surface area contributed by atoms with Crippen LogP contribution < -0.4 is 21.0 Å². The topological polar surface area (TPSA) is 60.1 Å². The second-order valence-corrected chi connectivity index (χ2v) is 9.67. The third-order valence-electron chi connectivity index (χ3n) is 6.86. The first kappa shape index (κ1) is 26.2. The van der Waals surface area contributed by atoms with Crippen molar-refractivity contribution in [3.05, 3.63) is 58.9 Å². The number of piperazine rings is 1. The molecule has 4 rings (SSSR count). The van der Waals surface area contributed by atoms with E-state index in [1.807, 2.05) is 11.0 Å². The molecule has 2 heterocycles. The van der Waals surface area contributed by atoms with Crippen molar-refractivity contribution in [2.24, 2.45) is 10.8 Å². The number of hydrogen-bond donors (Lipinski definition) is 2. The van der Waals surface area contributed by atoms with E-state index in [9.17, 15) is 13.2 Å². The van der Waals surface area contributed by atoms with Crippen LogP contribution in [0.3, 0.4) is 0 Å². The average molecular weight is 523 g/mol. The van der Waals surface area contributed by atoms with Crippen LogP contribution in [0.15, 0.2) is 41.5 Å². The number of nitrogens with zero attached hydrogens (tertiary/aromatic N) is 4. The van der Waals surface area contributed by atoms with E-state index in [1.165, 1.54) is 18.3 Å². The Morgan fingerprint density at radius 1 is 1.03 bits per heavy atom. The first-order valence-corrected chi connectivity index (χ1v) is 12.3. The summed E-state index contributed by atoms with van der Waals surface area (Å²) in [5.74, 6) is -0.629. The second kappa shape index (κ2) is 11.0. The van der Waals surface area contributed by atoms with E-state index >= 15 is 4.39 Å². The molecule has 2 aliphatic rings. The molecule has 6 nitrogen and oxygen atoms in total. The molecule has 0 atom stereocenters. The molecule has 2 saturated heterocycles. The van der Waals surface area contributed by atoms with Gasteiger partial charge < -0.3 is 20.4 Å². The molecule has 0 bridgehead atoms. The summed E-state index contributed by atoms with van der Waals surface area (Å²) in [5.41, 5.74) is 9.57. The van der Waals surface area contributed by atoms with E-state index in [2.05, 4.69) is 27.4 Å². The number of hydrazone groups is 1. The standard InChI is InChI=1S/C25H30F4N6S/c1-33-10-12-35(13-11-33)22-15-23(21(26)14-18(22)16-31-32-24(30)36)34-8-6-17(7-9-34)19-4-2-3-5-20(19)25(27,28)29/h2-5,14-17H,6-13H2,1H3,(H3,30,32,36). The van der Waals surface area contributed by atoms with E-state index in [0.29, 0.717) is 42.7 Å². The molecule has 0 unspecified atom stereocenters. The van der Waals surface area contributed by atoms with Crippen molar-refractivity contribution < 1.29 is 17.6 Å². The summed E-state index contributed by atoms with van der Waals surface area (Å²) in [6, 6.07) is 9.02. The Kier molecular flexibility index (Phi) is 7.99. The number of nitrogens with one attached hydrogen (secondary N) is 1. The van der Waals surface area contributed by atoms with Crippen molar-refractivity contribution >= 4 is 34.9 Å². The number of hydrogen-bond acceptors (Lipinski definition) is 5. The van der Waals surface area contributed by atoms with Crippen LogP contribution in [-0.2, 0) is 6.18 Å². The van der Waals surface area contributed by atoms with Crippen LogP contribution in [0, 0.1) is 5.82 Å². The van der Waals surface area contributed by atoms with Crippen molar-refractivity contribution in [3.8, 4) is 0 Å². The maximum Gasteiger partial charge on any atom is 0.416 e. The van der Waals surface area contributed by atoms with Crippen LogP contribution in [0.5, 0.6) is 0 Å². The fraction of sp³-hybridized carbons (Fsp3) is 0.440. The van der Waals surface area contributed by atoms with Gasteiger partial charge in [0.25, 0.3) is 0 Å². The Morgan fingerprint density at radius 2 is 1.67 bits per heavy atom. The van der Waals surface area contributed by atoms with Crippen molar-refractivity contribution in [2.45, 2.75) is 24.9 Å². The number of nitrogens with two attached hydrogens (primary N) is 1. The molecule has 0 spiro atoms. The zero-order valence-corrected chi connectivity index (χ0v) is 20.9. The molecule has 0 aliphatic carbocycles. The van der Waals surface area contributed by atoms with E-state index in [4.69, 9.17) is 18.0 Å². The number of halogens is 4. The first-order valence-electron chi connectivity index (χ1n) is 11.9. The highest BCUT2D eigenvalue weighted by atomic mass is 32.1. The van der Waals surface area contributed by atoms with Gasteiger partial charge in [0, 0.05) is 50.5 Å². The van der Waals surface area contributed by atoms with Gasteiger partial charge in [-0.1, -0.05) is 18.2 Å². The minimum atomic E-state index is -4.39. The maximum absolute atomic E-state index is 15.3. The fourth-order valence-corrected chi connectivity index (χ4v) is 4.99. The quantitative estimate of drug-likeness (QED) is 0.266. The lowest BCUT2D eigenvalue weighted by atomic mass is 9.86. The predicted molar refractivity (Wildman–Crippen MR) is 139 cm³/mol. The molecule has 0 radical (unpaired) electrons. The number of benzene rings is 2. The van der Waals surface area contributed by atoms with Gasteiger partial charge in [0.15, 0.2) is 5.11 Å². The van der Waals surface area contributed by atoms with Crippen molar-refractivity contribution in [2.75, 3.05) is 56.1 Å². The summed E-state index contributed by atoms with van der Waals surface area (Å²) >= 11 is 4.78. The Balaban J connectivity index is 1.57. The van der Waals surface area contributed by atoms with Crippen LogP contribution >= 0.6 is 12.2 Å². The first-order chi connectivity index (χ1) is 17.1. The third-order valence-corrected chi connectivity index (χ3v) is 6.95. The Bertz CT molecular complexity index is 1110. The second-order valence-electron chi connectivity index (χ2n) is 9.23. The van der Waals surface area contributed by atoms with Gasteiger partial charge in [0.2, 0.25) is 0 Å². The van der Waals surface area contributed by atoms with Crippen LogP contribution in [0.1, 0.15) is 35.4 Å². The molecule has 2 aromatic carbocycles. The van der Waals surface area contributed by atoms with Crippen molar-refractivity contribution in [1.82, 2.24) is 10.3 Å². The molecule has 3 N–H and O–H groups in total. The summed E-state index contributed by atoms with van der Waals surface area (Å²) in [5, 5.41) is 4.03. The van der Waals surface area contributed by atoms with Gasteiger partial charge in [-0.15, -0.1) is 0 Å². The fourth-order valence-electron chi connectivity index (χ4n) is 4.94. The molecule has 2 aromatic rings. The molecule has 2 aliphatic heterocycles. The van der Waals surface area contributed by atoms with Gasteiger partial charge in [0.1, 0.15) is 5.82 Å². The minimum Gasteiger partial charge on any atom is -0.375 e. The summed E-state index contributed by atoms with van der Waals surface area (Å²) in [6.45, 7) is 4.23. The number of rotatable bonds is 5. The van der Waals surface area contributed by atoms with Crippen LogP contribution in [0.2, 0.25) is 0 Å². The van der Waals surface area contributed by atoms with E-state index < -0.39 is 17.6 Å². The zero-order valence-electron chi connectivity index (χ0n) is 20.1. The monoisotopic (exact) mass is 522 g/mol. The molecule has 36 heavy (non-hydrogen) atoms. The Hall–Kier alpha value is -2.92.